The van der Waals surface area contributed by atoms with E-state index >= 15 is 0 Å². The Balaban J connectivity index is 1.82. The van der Waals surface area contributed by atoms with Gasteiger partial charge in [0.2, 0.25) is 0 Å². The van der Waals surface area contributed by atoms with Crippen LogP contribution in [0.5, 0.6) is 5.75 Å². The third kappa shape index (κ3) is 2.78. The summed E-state index contributed by atoms with van der Waals surface area (Å²) in [5, 5.41) is 13.4. The molecule has 4 aromatic rings. The van der Waals surface area contributed by atoms with Gasteiger partial charge in [-0.2, -0.15) is 0 Å². The number of phenolic OH excluding ortho intramolecular Hbond substituents is 1. The second-order valence-electron chi connectivity index (χ2n) is 5.73. The van der Waals surface area contributed by atoms with Crippen LogP contribution in [0.15, 0.2) is 60.9 Å². The maximum absolute atomic E-state index is 13.4. The normalized spacial score (nSPS) is 11.0. The summed E-state index contributed by atoms with van der Waals surface area (Å²) >= 11 is 0. The zero-order chi connectivity index (χ0) is 17.4. The molecule has 25 heavy (non-hydrogen) atoms. The number of anilines is 2. The number of aryl methyl sites for hydroxylation is 1. The maximum Gasteiger partial charge on any atom is 0.145 e. The van der Waals surface area contributed by atoms with Crippen molar-refractivity contribution < 1.29 is 9.50 Å². The van der Waals surface area contributed by atoms with Crippen molar-refractivity contribution in [2.24, 2.45) is 7.05 Å². The molecule has 0 aliphatic heterocycles. The molecule has 0 saturated carbocycles. The van der Waals surface area contributed by atoms with Gasteiger partial charge >= 0.3 is 0 Å². The number of phenols is 1. The van der Waals surface area contributed by atoms with Crippen LogP contribution < -0.4 is 5.32 Å². The molecule has 0 spiro atoms. The molecule has 5 nitrogen and oxygen atoms in total. The van der Waals surface area contributed by atoms with E-state index in [0.717, 1.165) is 22.3 Å². The Bertz CT molecular complexity index is 1060. The molecule has 2 N–H and O–H groups in total. The van der Waals surface area contributed by atoms with Gasteiger partial charge in [0.05, 0.1) is 11.1 Å². The highest BCUT2D eigenvalue weighted by molar-refractivity contribution is 5.93. The largest absolute Gasteiger partial charge is 0.508 e. The number of nitrogens with one attached hydrogen (secondary N) is 1. The Morgan fingerprint density at radius 2 is 1.84 bits per heavy atom. The van der Waals surface area contributed by atoms with Crippen LogP contribution in [-0.2, 0) is 7.05 Å². The monoisotopic (exact) mass is 334 g/mol. The first-order valence-corrected chi connectivity index (χ1v) is 7.74. The zero-order valence-corrected chi connectivity index (χ0v) is 13.4. The van der Waals surface area contributed by atoms with E-state index in [1.54, 1.807) is 24.3 Å². The summed E-state index contributed by atoms with van der Waals surface area (Å²) in [5.74, 6) is 0.514. The molecule has 6 heteroatoms. The fourth-order valence-electron chi connectivity index (χ4n) is 2.85. The number of halogens is 1. The van der Waals surface area contributed by atoms with Gasteiger partial charge < -0.3 is 15.0 Å². The smallest absolute Gasteiger partial charge is 0.145 e. The average Bonchev–Trinajstić information content (AvgIpc) is 2.94. The fraction of sp³-hybridized carbons (Fsp3) is 0.0526. The van der Waals surface area contributed by atoms with Gasteiger partial charge in [-0.3, -0.25) is 0 Å². The molecule has 2 aromatic carbocycles. The third-order valence-corrected chi connectivity index (χ3v) is 4.07. The van der Waals surface area contributed by atoms with Crippen molar-refractivity contribution in [1.29, 1.82) is 0 Å². The average molecular weight is 334 g/mol. The lowest BCUT2D eigenvalue weighted by Crippen LogP contribution is -1.97. The van der Waals surface area contributed by atoms with Crippen LogP contribution in [-0.4, -0.2) is 19.6 Å². The van der Waals surface area contributed by atoms with Gasteiger partial charge in [-0.15, -0.1) is 0 Å². The van der Waals surface area contributed by atoms with E-state index in [-0.39, 0.29) is 11.6 Å². The molecule has 0 amide bonds. The number of aromatic hydroxyl groups is 1. The van der Waals surface area contributed by atoms with Crippen LogP contribution in [0, 0.1) is 5.82 Å². The third-order valence-electron chi connectivity index (χ3n) is 4.07. The molecule has 4 rings (SSSR count). The Morgan fingerprint density at radius 1 is 1.04 bits per heavy atom. The van der Waals surface area contributed by atoms with E-state index in [9.17, 15) is 9.50 Å². The zero-order valence-electron chi connectivity index (χ0n) is 13.4. The Kier molecular flexibility index (Phi) is 3.57. The number of aromatic nitrogens is 3. The van der Waals surface area contributed by atoms with Gasteiger partial charge in [0.1, 0.15) is 29.4 Å². The highest BCUT2D eigenvalue weighted by Crippen LogP contribution is 2.31. The van der Waals surface area contributed by atoms with E-state index in [1.165, 1.54) is 18.5 Å². The van der Waals surface area contributed by atoms with Gasteiger partial charge in [-0.25, -0.2) is 14.4 Å². The van der Waals surface area contributed by atoms with E-state index in [4.69, 9.17) is 0 Å². The fourth-order valence-corrected chi connectivity index (χ4v) is 2.85. The lowest BCUT2D eigenvalue weighted by Gasteiger charge is -2.06. The summed E-state index contributed by atoms with van der Waals surface area (Å²) in [4.78, 5) is 8.65. The second kappa shape index (κ2) is 5.90. The lowest BCUT2D eigenvalue weighted by molar-refractivity contribution is 0.475. The van der Waals surface area contributed by atoms with Crippen molar-refractivity contribution in [3.63, 3.8) is 0 Å². The molecule has 2 heterocycles. The molecule has 0 unspecified atom stereocenters. The summed E-state index contributed by atoms with van der Waals surface area (Å²) in [6.45, 7) is 0. The van der Waals surface area contributed by atoms with Gasteiger partial charge in [0, 0.05) is 12.7 Å². The quantitative estimate of drug-likeness (QED) is 0.589. The summed E-state index contributed by atoms with van der Waals surface area (Å²) in [5.41, 5.74) is 3.28. The van der Waals surface area contributed by atoms with Crippen LogP contribution in [0.25, 0.3) is 22.3 Å². The number of nitrogens with zero attached hydrogens (tertiary/aromatic N) is 3. The Morgan fingerprint density at radius 3 is 2.60 bits per heavy atom. The van der Waals surface area contributed by atoms with Crippen LogP contribution >= 0.6 is 0 Å². The van der Waals surface area contributed by atoms with Gasteiger partial charge in [0.25, 0.3) is 0 Å². The predicted octanol–water partition coefficient (Wildman–Crippen LogP) is 4.22. The van der Waals surface area contributed by atoms with Gasteiger partial charge in [-0.05, 0) is 54.1 Å². The number of fused-ring (bicyclic) bond motifs is 1. The van der Waals surface area contributed by atoms with E-state index in [1.807, 2.05) is 29.8 Å². The molecule has 0 aliphatic rings. The second-order valence-corrected chi connectivity index (χ2v) is 5.73. The summed E-state index contributed by atoms with van der Waals surface area (Å²) in [6.07, 6.45) is 1.48. The minimum Gasteiger partial charge on any atom is -0.508 e. The number of hydrogen-bond donors (Lipinski definition) is 2. The van der Waals surface area contributed by atoms with Crippen molar-refractivity contribution >= 4 is 22.5 Å². The standard InChI is InChI=1S/C19H15FN4O/c1-24-17(12-5-7-15(25)8-6-12)10-16-18(21-11-22-19(16)24)23-14-4-2-3-13(20)9-14/h2-11,25H,1H3,(H,21,22,23). The minimum atomic E-state index is -0.312. The van der Waals surface area contributed by atoms with Gasteiger partial charge in [0.15, 0.2) is 0 Å². The first kappa shape index (κ1) is 15.1. The van der Waals surface area contributed by atoms with E-state index in [0.29, 0.717) is 11.5 Å². The van der Waals surface area contributed by atoms with Crippen LogP contribution in [0.2, 0.25) is 0 Å². The van der Waals surface area contributed by atoms with E-state index < -0.39 is 0 Å². The van der Waals surface area contributed by atoms with Crippen molar-refractivity contribution in [2.75, 3.05) is 5.32 Å². The number of hydrogen-bond acceptors (Lipinski definition) is 4. The first-order valence-electron chi connectivity index (χ1n) is 7.74. The molecular weight excluding hydrogens is 319 g/mol. The predicted molar refractivity (Wildman–Crippen MR) is 95.3 cm³/mol. The van der Waals surface area contributed by atoms with Crippen LogP contribution in [0.1, 0.15) is 0 Å². The summed E-state index contributed by atoms with van der Waals surface area (Å²) in [6, 6.07) is 15.2. The highest BCUT2D eigenvalue weighted by Gasteiger charge is 2.13. The molecule has 0 atom stereocenters. The lowest BCUT2D eigenvalue weighted by atomic mass is 10.1. The Hall–Kier alpha value is -3.41. The van der Waals surface area contributed by atoms with E-state index in [2.05, 4.69) is 15.3 Å². The maximum atomic E-state index is 13.4. The molecule has 124 valence electrons. The summed E-state index contributed by atoms with van der Waals surface area (Å²) < 4.78 is 15.4. The highest BCUT2D eigenvalue weighted by atomic mass is 19.1. The van der Waals surface area contributed by atoms with Crippen LogP contribution in [0.3, 0.4) is 0 Å². The minimum absolute atomic E-state index is 0.218. The van der Waals surface area contributed by atoms with Crippen molar-refractivity contribution in [2.45, 2.75) is 0 Å². The number of benzene rings is 2. The molecule has 0 saturated heterocycles. The number of rotatable bonds is 3. The summed E-state index contributed by atoms with van der Waals surface area (Å²) in [7, 11) is 1.92. The molecule has 0 radical (unpaired) electrons. The molecular formula is C19H15FN4O. The first-order chi connectivity index (χ1) is 12.1. The Labute approximate surface area is 143 Å². The van der Waals surface area contributed by atoms with Crippen molar-refractivity contribution in [1.82, 2.24) is 14.5 Å². The molecule has 2 aromatic heterocycles. The molecule has 0 bridgehead atoms. The topological polar surface area (TPSA) is 63.0 Å². The van der Waals surface area contributed by atoms with Crippen molar-refractivity contribution in [3.8, 4) is 17.0 Å². The molecule has 0 aliphatic carbocycles. The van der Waals surface area contributed by atoms with Crippen molar-refractivity contribution in [3.05, 3.63) is 66.7 Å². The SMILES string of the molecule is Cn1c(-c2ccc(O)cc2)cc2c(Nc3cccc(F)c3)ncnc21. The molecule has 0 fully saturated rings. The van der Waals surface area contributed by atoms with Gasteiger partial charge in [-0.1, -0.05) is 6.07 Å². The van der Waals surface area contributed by atoms with Crippen LogP contribution in [0.4, 0.5) is 15.9 Å².